The third kappa shape index (κ3) is 3.28. The number of carboxylic acid groups (broad SMARTS) is 1. The van der Waals surface area contributed by atoms with E-state index in [4.69, 9.17) is 5.11 Å². The highest BCUT2D eigenvalue weighted by molar-refractivity contribution is 14.1. The van der Waals surface area contributed by atoms with E-state index in [0.29, 0.717) is 5.56 Å². The van der Waals surface area contributed by atoms with Crippen molar-refractivity contribution in [2.45, 2.75) is 4.90 Å². The first-order valence-corrected chi connectivity index (χ1v) is 8.01. The molecule has 0 radical (unpaired) electrons. The van der Waals surface area contributed by atoms with E-state index in [1.807, 2.05) is 0 Å². The lowest BCUT2D eigenvalue weighted by molar-refractivity contribution is -0.131. The van der Waals surface area contributed by atoms with Crippen LogP contribution >= 0.6 is 22.6 Å². The zero-order valence-corrected chi connectivity index (χ0v) is 13.1. The molecule has 0 saturated heterocycles. The van der Waals surface area contributed by atoms with Gasteiger partial charge in [0, 0.05) is 22.0 Å². The smallest absolute Gasteiger partial charge is 0.328 e. The summed E-state index contributed by atoms with van der Waals surface area (Å²) < 4.78 is 26.6. The van der Waals surface area contributed by atoms with Crippen LogP contribution in [0, 0.1) is 3.57 Å². The summed E-state index contributed by atoms with van der Waals surface area (Å²) in [7, 11) is -3.64. The number of benzene rings is 1. The van der Waals surface area contributed by atoms with E-state index in [0.717, 1.165) is 13.6 Å². The number of carboxylic acids is 1. The number of hydrogen-bond acceptors (Lipinski definition) is 3. The van der Waals surface area contributed by atoms with Crippen molar-refractivity contribution in [2.75, 3.05) is 0 Å². The fraction of sp³-hybridized carbons (Fsp3) is 0. The van der Waals surface area contributed by atoms with Crippen molar-refractivity contribution in [3.05, 3.63) is 57.9 Å². The van der Waals surface area contributed by atoms with Gasteiger partial charge in [-0.2, -0.15) is 0 Å². The van der Waals surface area contributed by atoms with E-state index in [1.165, 1.54) is 36.7 Å². The molecular formula is C13H10INO4S. The van der Waals surface area contributed by atoms with Crippen LogP contribution in [0.25, 0.3) is 6.08 Å². The average Bonchev–Trinajstić information content (AvgIpc) is 2.86. The number of carbonyl (C=O) groups is 1. The van der Waals surface area contributed by atoms with Gasteiger partial charge in [-0.05, 0) is 64.6 Å². The molecule has 2 aromatic rings. The van der Waals surface area contributed by atoms with Crippen molar-refractivity contribution in [1.82, 2.24) is 3.97 Å². The first kappa shape index (κ1) is 14.8. The van der Waals surface area contributed by atoms with Gasteiger partial charge >= 0.3 is 5.97 Å². The molecule has 1 N–H and O–H groups in total. The van der Waals surface area contributed by atoms with Crippen LogP contribution in [0.1, 0.15) is 5.56 Å². The highest BCUT2D eigenvalue weighted by Gasteiger charge is 2.15. The molecule has 1 aromatic carbocycles. The largest absolute Gasteiger partial charge is 0.478 e. The predicted molar refractivity (Wildman–Crippen MR) is 82.8 cm³/mol. The summed E-state index contributed by atoms with van der Waals surface area (Å²) in [5.41, 5.74) is 0.501. The lowest BCUT2D eigenvalue weighted by Crippen LogP contribution is -2.10. The van der Waals surface area contributed by atoms with Crippen molar-refractivity contribution >= 4 is 44.7 Å². The molecule has 5 nitrogen and oxygen atoms in total. The molecule has 0 saturated carbocycles. The van der Waals surface area contributed by atoms with Gasteiger partial charge in [-0.3, -0.25) is 0 Å². The standard InChI is InChI=1S/C13H10INO4S/c14-11-2-4-12(5-3-11)20(18,19)15-8-7-10(9-15)1-6-13(16)17/h1-9H,(H,16,17). The average molecular weight is 403 g/mol. The monoisotopic (exact) mass is 403 g/mol. The Balaban J connectivity index is 2.35. The molecular weight excluding hydrogens is 393 g/mol. The molecule has 0 spiro atoms. The third-order valence-electron chi connectivity index (χ3n) is 2.50. The normalized spacial score (nSPS) is 11.8. The SMILES string of the molecule is O=C(O)C=Cc1ccn(S(=O)(=O)c2ccc(I)cc2)c1. The highest BCUT2D eigenvalue weighted by Crippen LogP contribution is 2.17. The summed E-state index contributed by atoms with van der Waals surface area (Å²) in [6, 6.07) is 8.02. The molecule has 0 unspecified atom stereocenters. The summed E-state index contributed by atoms with van der Waals surface area (Å²) in [6.45, 7) is 0. The quantitative estimate of drug-likeness (QED) is 0.629. The fourth-order valence-electron chi connectivity index (χ4n) is 1.54. The second-order valence-corrected chi connectivity index (χ2v) is 6.99. The topological polar surface area (TPSA) is 76.4 Å². The molecule has 20 heavy (non-hydrogen) atoms. The molecule has 0 aliphatic rings. The van der Waals surface area contributed by atoms with Gasteiger partial charge in [-0.1, -0.05) is 0 Å². The van der Waals surface area contributed by atoms with E-state index < -0.39 is 16.0 Å². The minimum atomic E-state index is -3.64. The van der Waals surface area contributed by atoms with Crippen LogP contribution in [0.5, 0.6) is 0 Å². The second kappa shape index (κ2) is 5.80. The van der Waals surface area contributed by atoms with Gasteiger partial charge < -0.3 is 5.11 Å². The Morgan fingerprint density at radius 2 is 1.85 bits per heavy atom. The lowest BCUT2D eigenvalue weighted by atomic mass is 10.3. The number of nitrogens with zero attached hydrogens (tertiary/aromatic N) is 1. The molecule has 0 atom stereocenters. The van der Waals surface area contributed by atoms with Crippen LogP contribution in [0.3, 0.4) is 0 Å². The zero-order chi connectivity index (χ0) is 14.8. The Labute approximate surface area is 129 Å². The van der Waals surface area contributed by atoms with Gasteiger partial charge in [0.2, 0.25) is 0 Å². The Morgan fingerprint density at radius 1 is 1.20 bits per heavy atom. The maximum atomic E-state index is 12.3. The summed E-state index contributed by atoms with van der Waals surface area (Å²) in [5, 5.41) is 8.53. The number of aromatic nitrogens is 1. The molecule has 0 aliphatic carbocycles. The third-order valence-corrected chi connectivity index (χ3v) is 4.87. The van der Waals surface area contributed by atoms with E-state index in [2.05, 4.69) is 22.6 Å². The van der Waals surface area contributed by atoms with Crippen LogP contribution in [0.15, 0.2) is 53.7 Å². The zero-order valence-electron chi connectivity index (χ0n) is 10.1. The molecule has 1 aromatic heterocycles. The Kier molecular flexibility index (Phi) is 4.29. The molecule has 0 amide bonds. The van der Waals surface area contributed by atoms with Crippen molar-refractivity contribution in [3.63, 3.8) is 0 Å². The van der Waals surface area contributed by atoms with Crippen LogP contribution in [0.4, 0.5) is 0 Å². The van der Waals surface area contributed by atoms with Crippen LogP contribution in [0.2, 0.25) is 0 Å². The maximum absolute atomic E-state index is 12.3. The molecule has 0 bridgehead atoms. The van der Waals surface area contributed by atoms with Crippen molar-refractivity contribution < 1.29 is 18.3 Å². The van der Waals surface area contributed by atoms with Gasteiger partial charge in [-0.15, -0.1) is 0 Å². The van der Waals surface area contributed by atoms with E-state index in [9.17, 15) is 13.2 Å². The highest BCUT2D eigenvalue weighted by atomic mass is 127. The lowest BCUT2D eigenvalue weighted by Gasteiger charge is -2.05. The first-order chi connectivity index (χ1) is 9.39. The molecule has 7 heteroatoms. The van der Waals surface area contributed by atoms with Crippen molar-refractivity contribution in [1.29, 1.82) is 0 Å². The molecule has 104 valence electrons. The Hall–Kier alpha value is -1.61. The second-order valence-electron chi connectivity index (χ2n) is 3.91. The maximum Gasteiger partial charge on any atom is 0.328 e. The summed E-state index contributed by atoms with van der Waals surface area (Å²) >= 11 is 2.09. The van der Waals surface area contributed by atoms with E-state index in [-0.39, 0.29) is 4.90 Å². The minimum Gasteiger partial charge on any atom is -0.478 e. The van der Waals surface area contributed by atoms with Gasteiger partial charge in [0.15, 0.2) is 0 Å². The van der Waals surface area contributed by atoms with Crippen LogP contribution < -0.4 is 0 Å². The summed E-state index contributed by atoms with van der Waals surface area (Å²) in [6.07, 6.45) is 5.04. The molecule has 1 heterocycles. The molecule has 0 aliphatic heterocycles. The Bertz CT molecular complexity index is 760. The van der Waals surface area contributed by atoms with Crippen LogP contribution in [-0.4, -0.2) is 23.5 Å². The first-order valence-electron chi connectivity index (χ1n) is 5.50. The van der Waals surface area contributed by atoms with Gasteiger partial charge in [0.1, 0.15) is 0 Å². The summed E-state index contributed by atoms with van der Waals surface area (Å²) in [4.78, 5) is 10.6. The summed E-state index contributed by atoms with van der Waals surface area (Å²) in [5.74, 6) is -1.08. The molecule has 0 fully saturated rings. The predicted octanol–water partition coefficient (Wildman–Crippen LogP) is 2.43. The number of halogens is 1. The number of rotatable bonds is 4. The van der Waals surface area contributed by atoms with E-state index in [1.54, 1.807) is 12.1 Å². The van der Waals surface area contributed by atoms with Crippen molar-refractivity contribution in [2.24, 2.45) is 0 Å². The number of hydrogen-bond donors (Lipinski definition) is 1. The van der Waals surface area contributed by atoms with Gasteiger partial charge in [0.05, 0.1) is 4.90 Å². The fourth-order valence-corrected chi connectivity index (χ4v) is 3.10. The van der Waals surface area contributed by atoms with Gasteiger partial charge in [0.25, 0.3) is 10.0 Å². The molecule has 2 rings (SSSR count). The van der Waals surface area contributed by atoms with Crippen LogP contribution in [-0.2, 0) is 14.8 Å². The minimum absolute atomic E-state index is 0.183. The van der Waals surface area contributed by atoms with Crippen molar-refractivity contribution in [3.8, 4) is 0 Å². The van der Waals surface area contributed by atoms with E-state index >= 15 is 0 Å². The number of aliphatic carboxylic acids is 1. The van der Waals surface area contributed by atoms with Gasteiger partial charge in [-0.25, -0.2) is 17.2 Å². The Morgan fingerprint density at radius 3 is 2.45 bits per heavy atom.